The normalized spacial score (nSPS) is 10.6. The van der Waals surface area contributed by atoms with E-state index < -0.39 is 0 Å². The van der Waals surface area contributed by atoms with Crippen molar-refractivity contribution in [1.82, 2.24) is 19.6 Å². The summed E-state index contributed by atoms with van der Waals surface area (Å²) in [7, 11) is 0. The fourth-order valence-corrected chi connectivity index (χ4v) is 3.00. The molecule has 144 valence electrons. The molecule has 0 saturated carbocycles. The molecule has 6 heteroatoms. The third-order valence-corrected chi connectivity index (χ3v) is 4.32. The highest BCUT2D eigenvalue weighted by molar-refractivity contribution is 5.94. The molecule has 0 aliphatic carbocycles. The molecule has 0 aliphatic rings. The zero-order valence-corrected chi connectivity index (χ0v) is 16.0. The number of carbonyl (C=O) groups is 2. The lowest BCUT2D eigenvalue weighted by molar-refractivity contribution is -0.130. The minimum absolute atomic E-state index is 0.111. The zero-order chi connectivity index (χ0) is 19.6. The second kappa shape index (κ2) is 10.3. The van der Waals surface area contributed by atoms with Gasteiger partial charge in [0.2, 0.25) is 5.91 Å². The molecule has 2 aromatic rings. The van der Waals surface area contributed by atoms with Gasteiger partial charge in [-0.05, 0) is 31.9 Å². The molecule has 2 heterocycles. The van der Waals surface area contributed by atoms with Crippen LogP contribution in [0.1, 0.15) is 41.9 Å². The van der Waals surface area contributed by atoms with Crippen LogP contribution < -0.4 is 5.32 Å². The summed E-state index contributed by atoms with van der Waals surface area (Å²) < 4.78 is 1.80. The van der Waals surface area contributed by atoms with E-state index in [-0.39, 0.29) is 11.8 Å². The molecule has 0 radical (unpaired) electrons. The Morgan fingerprint density at radius 1 is 1.19 bits per heavy atom. The number of rotatable bonds is 11. The molecule has 0 atom stereocenters. The number of pyridine rings is 1. The summed E-state index contributed by atoms with van der Waals surface area (Å²) in [4.78, 5) is 30.7. The van der Waals surface area contributed by atoms with Crippen LogP contribution in [0.4, 0.5) is 0 Å². The highest BCUT2D eigenvalue weighted by Gasteiger charge is 2.15. The summed E-state index contributed by atoms with van der Waals surface area (Å²) in [5.41, 5.74) is 2.06. The molecule has 0 saturated heterocycles. The lowest BCUT2D eigenvalue weighted by atomic mass is 10.1. The first kappa shape index (κ1) is 20.4. The van der Waals surface area contributed by atoms with Gasteiger partial charge in [-0.1, -0.05) is 24.6 Å². The first-order valence-electron chi connectivity index (χ1n) is 9.30. The Kier molecular flexibility index (Phi) is 7.79. The minimum atomic E-state index is -0.120. The fraction of sp³-hybridized carbons (Fsp3) is 0.381. The number of aromatic nitrogens is 2. The summed E-state index contributed by atoms with van der Waals surface area (Å²) in [5, 5.41) is 2.95. The largest absolute Gasteiger partial charge is 0.351 e. The van der Waals surface area contributed by atoms with Gasteiger partial charge in [-0.25, -0.2) is 4.98 Å². The Bertz CT molecular complexity index is 800. The summed E-state index contributed by atoms with van der Waals surface area (Å²) in [5.74, 6) is -0.00870. The van der Waals surface area contributed by atoms with Crippen LogP contribution in [0.2, 0.25) is 0 Å². The maximum absolute atomic E-state index is 12.5. The van der Waals surface area contributed by atoms with E-state index >= 15 is 0 Å². The van der Waals surface area contributed by atoms with Gasteiger partial charge in [0.25, 0.3) is 5.91 Å². The number of nitrogens with zero attached hydrogens (tertiary/aromatic N) is 3. The van der Waals surface area contributed by atoms with Gasteiger partial charge < -0.3 is 10.2 Å². The third kappa shape index (κ3) is 5.54. The van der Waals surface area contributed by atoms with E-state index in [1.807, 2.05) is 31.3 Å². The Balaban J connectivity index is 1.73. The first-order valence-corrected chi connectivity index (χ1v) is 9.30. The Hall–Kier alpha value is -2.89. The van der Waals surface area contributed by atoms with Crippen LogP contribution >= 0.6 is 0 Å². The molecular formula is C21H28N4O2. The van der Waals surface area contributed by atoms with E-state index in [2.05, 4.69) is 23.5 Å². The summed E-state index contributed by atoms with van der Waals surface area (Å²) in [6.07, 6.45) is 8.30. The van der Waals surface area contributed by atoms with Crippen LogP contribution in [0, 0.1) is 6.92 Å². The van der Waals surface area contributed by atoms with E-state index in [0.29, 0.717) is 37.4 Å². The zero-order valence-electron chi connectivity index (χ0n) is 16.0. The number of aryl methyl sites for hydroxylation is 1. The van der Waals surface area contributed by atoms with Gasteiger partial charge in [0, 0.05) is 32.3 Å². The molecule has 6 nitrogen and oxygen atoms in total. The molecule has 1 N–H and O–H groups in total. The molecule has 0 aliphatic heterocycles. The molecule has 0 aromatic carbocycles. The number of hydrogen-bond acceptors (Lipinski definition) is 3. The van der Waals surface area contributed by atoms with Crippen LogP contribution in [-0.2, 0) is 4.79 Å². The van der Waals surface area contributed by atoms with Crippen molar-refractivity contribution in [2.45, 2.75) is 32.6 Å². The molecular weight excluding hydrogens is 340 g/mol. The number of fused-ring (bicyclic) bond motifs is 1. The summed E-state index contributed by atoms with van der Waals surface area (Å²) in [6.45, 7) is 10.8. The van der Waals surface area contributed by atoms with Gasteiger partial charge in [-0.2, -0.15) is 0 Å². The molecule has 0 fully saturated rings. The average Bonchev–Trinajstić information content (AvgIpc) is 2.99. The van der Waals surface area contributed by atoms with Crippen LogP contribution in [-0.4, -0.2) is 45.7 Å². The lowest BCUT2D eigenvalue weighted by Crippen LogP contribution is -2.31. The van der Waals surface area contributed by atoms with Gasteiger partial charge in [-0.3, -0.25) is 14.0 Å². The molecule has 0 bridgehead atoms. The van der Waals surface area contributed by atoms with Crippen molar-refractivity contribution in [1.29, 1.82) is 0 Å². The maximum atomic E-state index is 12.5. The second-order valence-electron chi connectivity index (χ2n) is 6.42. The highest BCUT2D eigenvalue weighted by Crippen LogP contribution is 2.11. The van der Waals surface area contributed by atoms with Gasteiger partial charge in [0.05, 0.1) is 5.69 Å². The number of amides is 2. The van der Waals surface area contributed by atoms with Crippen molar-refractivity contribution in [3.63, 3.8) is 0 Å². The molecule has 0 spiro atoms. The predicted octanol–water partition coefficient (Wildman–Crippen LogP) is 3.13. The monoisotopic (exact) mass is 368 g/mol. The summed E-state index contributed by atoms with van der Waals surface area (Å²) in [6, 6.07) is 5.66. The van der Waals surface area contributed by atoms with Crippen molar-refractivity contribution in [3.05, 3.63) is 61.1 Å². The van der Waals surface area contributed by atoms with Gasteiger partial charge >= 0.3 is 0 Å². The number of hydrogen-bond donors (Lipinski definition) is 1. The van der Waals surface area contributed by atoms with Gasteiger partial charge in [0.15, 0.2) is 0 Å². The SMILES string of the molecule is C=CCN(CC=C)C(=O)CCCCCNC(=O)c1c(C)nc2ccccn12. The Morgan fingerprint density at radius 2 is 1.93 bits per heavy atom. The fourth-order valence-electron chi connectivity index (χ4n) is 3.00. The van der Waals surface area contributed by atoms with Crippen LogP contribution in [0.15, 0.2) is 49.7 Å². The standard InChI is InChI=1S/C21H28N4O2/c1-4-14-24(15-5-2)19(26)12-7-6-9-13-22-21(27)20-17(3)23-18-11-8-10-16-25(18)20/h4-5,8,10-11,16H,1-2,6-7,9,12-15H2,3H3,(H,22,27). The number of unbranched alkanes of at least 4 members (excludes halogenated alkanes) is 2. The molecule has 2 aromatic heterocycles. The van der Waals surface area contributed by atoms with Crippen molar-refractivity contribution in [2.75, 3.05) is 19.6 Å². The Labute approximate surface area is 160 Å². The van der Waals surface area contributed by atoms with Crippen LogP contribution in [0.25, 0.3) is 5.65 Å². The number of carbonyl (C=O) groups excluding carboxylic acids is 2. The average molecular weight is 368 g/mol. The van der Waals surface area contributed by atoms with E-state index in [9.17, 15) is 9.59 Å². The third-order valence-electron chi connectivity index (χ3n) is 4.32. The molecule has 2 rings (SSSR count). The Morgan fingerprint density at radius 3 is 2.63 bits per heavy atom. The quantitative estimate of drug-likeness (QED) is 0.489. The van der Waals surface area contributed by atoms with Gasteiger partial charge in [-0.15, -0.1) is 13.2 Å². The summed E-state index contributed by atoms with van der Waals surface area (Å²) >= 11 is 0. The predicted molar refractivity (Wildman–Crippen MR) is 108 cm³/mol. The van der Waals surface area contributed by atoms with Crippen molar-refractivity contribution in [3.8, 4) is 0 Å². The smallest absolute Gasteiger partial charge is 0.270 e. The maximum Gasteiger partial charge on any atom is 0.270 e. The van der Waals surface area contributed by atoms with E-state index in [1.54, 1.807) is 21.5 Å². The first-order chi connectivity index (χ1) is 13.1. The van der Waals surface area contributed by atoms with E-state index in [4.69, 9.17) is 0 Å². The highest BCUT2D eigenvalue weighted by atomic mass is 16.2. The number of nitrogens with one attached hydrogen (secondary N) is 1. The van der Waals surface area contributed by atoms with Crippen LogP contribution in [0.5, 0.6) is 0 Å². The lowest BCUT2D eigenvalue weighted by Gasteiger charge is -2.19. The minimum Gasteiger partial charge on any atom is -0.351 e. The second-order valence-corrected chi connectivity index (χ2v) is 6.42. The van der Waals surface area contributed by atoms with Crippen molar-refractivity contribution < 1.29 is 9.59 Å². The molecule has 27 heavy (non-hydrogen) atoms. The van der Waals surface area contributed by atoms with Gasteiger partial charge in [0.1, 0.15) is 11.3 Å². The van der Waals surface area contributed by atoms with E-state index in [0.717, 1.165) is 24.9 Å². The molecule has 0 unspecified atom stereocenters. The van der Waals surface area contributed by atoms with Crippen molar-refractivity contribution in [2.24, 2.45) is 0 Å². The topological polar surface area (TPSA) is 66.7 Å². The van der Waals surface area contributed by atoms with Crippen molar-refractivity contribution >= 4 is 17.5 Å². The number of imidazole rings is 1. The van der Waals surface area contributed by atoms with Crippen LogP contribution in [0.3, 0.4) is 0 Å². The van der Waals surface area contributed by atoms with E-state index in [1.165, 1.54) is 0 Å². The molecule has 2 amide bonds.